The van der Waals surface area contributed by atoms with E-state index in [2.05, 4.69) is 31.1 Å². The van der Waals surface area contributed by atoms with Crippen LogP contribution in [0.2, 0.25) is 0 Å². The molecule has 2 aromatic heterocycles. The van der Waals surface area contributed by atoms with E-state index in [9.17, 15) is 19.8 Å². The van der Waals surface area contributed by atoms with Crippen molar-refractivity contribution in [3.05, 3.63) is 44.4 Å². The van der Waals surface area contributed by atoms with Crippen molar-refractivity contribution in [2.75, 3.05) is 0 Å². The lowest BCUT2D eigenvalue weighted by molar-refractivity contribution is 0.0855. The lowest BCUT2D eigenvalue weighted by Gasteiger charge is -2.32. The molecule has 2 unspecified atom stereocenters. The van der Waals surface area contributed by atoms with Crippen LogP contribution in [0.5, 0.6) is 0 Å². The average molecular weight is 425 g/mol. The summed E-state index contributed by atoms with van der Waals surface area (Å²) in [5.41, 5.74) is -1.03. The van der Waals surface area contributed by atoms with Crippen LogP contribution in [0.3, 0.4) is 0 Å². The van der Waals surface area contributed by atoms with Crippen molar-refractivity contribution in [2.45, 2.75) is 91.3 Å². The number of aliphatic hydroxyl groups excluding tert-OH is 2. The Morgan fingerprint density at radius 3 is 1.60 bits per heavy atom. The van der Waals surface area contributed by atoms with Crippen LogP contribution in [0.4, 0.5) is 0 Å². The van der Waals surface area contributed by atoms with Crippen molar-refractivity contribution in [3.8, 4) is 0 Å². The first-order chi connectivity index (χ1) is 13.9. The summed E-state index contributed by atoms with van der Waals surface area (Å²) in [4.78, 5) is 23.2. The molecule has 0 saturated carbocycles. The van der Waals surface area contributed by atoms with Crippen LogP contribution < -0.4 is 11.1 Å². The van der Waals surface area contributed by atoms with Gasteiger partial charge in [0.05, 0.1) is 18.1 Å². The third-order valence-electron chi connectivity index (χ3n) is 5.62. The maximum absolute atomic E-state index is 11.6. The van der Waals surface area contributed by atoms with Crippen LogP contribution in [-0.2, 0) is 0 Å². The van der Waals surface area contributed by atoms with Gasteiger partial charge in [0.2, 0.25) is 0 Å². The Labute approximate surface area is 176 Å². The van der Waals surface area contributed by atoms with Crippen molar-refractivity contribution >= 4 is 0 Å². The van der Waals surface area contributed by atoms with Crippen molar-refractivity contribution in [1.82, 2.24) is 10.3 Å². The molecule has 2 heterocycles. The van der Waals surface area contributed by atoms with Gasteiger partial charge in [-0.2, -0.15) is 10.3 Å². The summed E-state index contributed by atoms with van der Waals surface area (Å²) in [7, 11) is 0. The van der Waals surface area contributed by atoms with E-state index >= 15 is 0 Å². The molecule has 170 valence electrons. The number of hydrogen-bond donors (Lipinski definition) is 4. The van der Waals surface area contributed by atoms with E-state index in [4.69, 9.17) is 9.05 Å². The zero-order valence-corrected chi connectivity index (χ0v) is 18.7. The Morgan fingerprint density at radius 2 is 1.23 bits per heavy atom. The van der Waals surface area contributed by atoms with Gasteiger partial charge in [-0.3, -0.25) is 9.59 Å². The maximum Gasteiger partial charge on any atom is 0.280 e. The maximum atomic E-state index is 11.6. The van der Waals surface area contributed by atoms with Crippen LogP contribution in [0, 0.1) is 10.8 Å². The fourth-order valence-corrected chi connectivity index (χ4v) is 3.75. The Hall–Kier alpha value is -2.06. The number of nitrogens with one attached hydrogen (secondary N) is 2. The zero-order valence-electron chi connectivity index (χ0n) is 18.7. The Kier molecular flexibility index (Phi) is 7.93. The molecule has 0 saturated heterocycles. The highest BCUT2D eigenvalue weighted by molar-refractivity contribution is 5.20. The third-order valence-corrected chi connectivity index (χ3v) is 5.62. The van der Waals surface area contributed by atoms with Gasteiger partial charge in [-0.15, -0.1) is 0 Å². The molecule has 0 fully saturated rings. The first-order valence-electron chi connectivity index (χ1n) is 10.6. The first kappa shape index (κ1) is 24.2. The van der Waals surface area contributed by atoms with E-state index < -0.39 is 23.5 Å². The Balaban J connectivity index is 1.97. The van der Waals surface area contributed by atoms with Crippen molar-refractivity contribution < 1.29 is 19.3 Å². The standard InChI is InChI=1S/C22H36N2O6/c1-21(2,3)10-8-14(25)6-7-15(26)9-11-22(4,5)20(16-12-18(27)23-29-16)17-13-19(28)24-30-17/h12-15,20,25-26H,6-11H2,1-5H3,(H,23,27)(H,24,28). The second-order valence-electron chi connectivity index (χ2n) is 10.2. The minimum atomic E-state index is -0.550. The SMILES string of the molecule is CC(C)(C)CCC(O)CCC(O)CCC(C)(C)C(c1cc(=O)[nH]o1)c1cc(=O)[nH]o1. The minimum absolute atomic E-state index is 0.180. The monoisotopic (exact) mass is 424 g/mol. The molecular formula is C22H36N2O6. The molecule has 2 atom stereocenters. The van der Waals surface area contributed by atoms with Crippen LogP contribution in [-0.4, -0.2) is 32.7 Å². The topological polar surface area (TPSA) is 132 Å². The molecule has 0 aromatic carbocycles. The molecule has 8 nitrogen and oxygen atoms in total. The fourth-order valence-electron chi connectivity index (χ4n) is 3.75. The third kappa shape index (κ3) is 7.32. The fraction of sp³-hybridized carbons (Fsp3) is 0.727. The Bertz CT molecular complexity index is 834. The zero-order chi connectivity index (χ0) is 22.5. The van der Waals surface area contributed by atoms with Gasteiger partial charge in [-0.1, -0.05) is 34.6 Å². The predicted octanol–water partition coefficient (Wildman–Crippen LogP) is 3.52. The summed E-state index contributed by atoms with van der Waals surface area (Å²) in [5.74, 6) is 0.277. The van der Waals surface area contributed by atoms with Crippen LogP contribution in [0.1, 0.15) is 90.6 Å². The van der Waals surface area contributed by atoms with Gasteiger partial charge in [0, 0.05) is 12.1 Å². The summed E-state index contributed by atoms with van der Waals surface area (Å²) < 4.78 is 10.6. The highest BCUT2D eigenvalue weighted by Crippen LogP contribution is 2.43. The van der Waals surface area contributed by atoms with Crippen molar-refractivity contribution in [1.29, 1.82) is 0 Å². The molecule has 0 aliphatic carbocycles. The average Bonchev–Trinajstić information content (AvgIpc) is 3.24. The van der Waals surface area contributed by atoms with E-state index in [1.807, 2.05) is 13.8 Å². The molecule has 0 aliphatic heterocycles. The first-order valence-corrected chi connectivity index (χ1v) is 10.6. The van der Waals surface area contributed by atoms with Crippen LogP contribution in [0.15, 0.2) is 30.8 Å². The van der Waals surface area contributed by atoms with Crippen LogP contribution in [0.25, 0.3) is 0 Å². The smallest absolute Gasteiger partial charge is 0.280 e. The van der Waals surface area contributed by atoms with Gasteiger partial charge < -0.3 is 19.3 Å². The summed E-state index contributed by atoms with van der Waals surface area (Å²) in [6, 6.07) is 2.70. The number of hydrogen-bond acceptors (Lipinski definition) is 6. The molecule has 2 aromatic rings. The van der Waals surface area contributed by atoms with Gasteiger partial charge in [0.1, 0.15) is 11.5 Å². The van der Waals surface area contributed by atoms with E-state index in [0.717, 1.165) is 12.8 Å². The predicted molar refractivity (Wildman–Crippen MR) is 113 cm³/mol. The summed E-state index contributed by atoms with van der Waals surface area (Å²) in [6.07, 6.45) is 2.88. The summed E-state index contributed by atoms with van der Waals surface area (Å²) in [5, 5.41) is 25.2. The molecule has 0 aliphatic rings. The van der Waals surface area contributed by atoms with Crippen molar-refractivity contribution in [3.63, 3.8) is 0 Å². The normalized spacial score (nSPS) is 14.9. The Morgan fingerprint density at radius 1 is 0.800 bits per heavy atom. The molecule has 8 heteroatoms. The molecule has 0 spiro atoms. The molecule has 2 rings (SSSR count). The van der Waals surface area contributed by atoms with Gasteiger partial charge in [-0.25, -0.2) is 0 Å². The molecule has 30 heavy (non-hydrogen) atoms. The number of aromatic nitrogens is 2. The molecular weight excluding hydrogens is 388 g/mol. The number of H-pyrrole nitrogens is 2. The van der Waals surface area contributed by atoms with Gasteiger partial charge in [0.15, 0.2) is 0 Å². The minimum Gasteiger partial charge on any atom is -0.393 e. The van der Waals surface area contributed by atoms with E-state index in [1.54, 1.807) is 0 Å². The number of aromatic amines is 2. The molecule has 0 bridgehead atoms. The highest BCUT2D eigenvalue weighted by atomic mass is 16.5. The van der Waals surface area contributed by atoms with Gasteiger partial charge in [0.25, 0.3) is 11.1 Å². The molecule has 4 N–H and O–H groups in total. The molecule has 0 radical (unpaired) electrons. The summed E-state index contributed by atoms with van der Waals surface area (Å²) >= 11 is 0. The van der Waals surface area contributed by atoms with Crippen LogP contribution >= 0.6 is 0 Å². The van der Waals surface area contributed by atoms with E-state index in [0.29, 0.717) is 37.2 Å². The lowest BCUT2D eigenvalue weighted by atomic mass is 9.72. The second kappa shape index (κ2) is 9.83. The van der Waals surface area contributed by atoms with E-state index in [-0.39, 0.29) is 16.5 Å². The molecule has 0 amide bonds. The number of aliphatic hydroxyl groups is 2. The van der Waals surface area contributed by atoms with Crippen molar-refractivity contribution in [2.24, 2.45) is 10.8 Å². The van der Waals surface area contributed by atoms with Gasteiger partial charge >= 0.3 is 0 Å². The number of rotatable bonds is 11. The largest absolute Gasteiger partial charge is 0.393 e. The second-order valence-corrected chi connectivity index (χ2v) is 10.2. The quantitative estimate of drug-likeness (QED) is 0.436. The highest BCUT2D eigenvalue weighted by Gasteiger charge is 2.38. The van der Waals surface area contributed by atoms with Gasteiger partial charge in [-0.05, 0) is 49.4 Å². The summed E-state index contributed by atoms with van der Waals surface area (Å²) in [6.45, 7) is 10.4. The van der Waals surface area contributed by atoms with E-state index in [1.165, 1.54) is 12.1 Å². The lowest BCUT2D eigenvalue weighted by Crippen LogP contribution is -2.25.